The molecule has 0 radical (unpaired) electrons. The highest BCUT2D eigenvalue weighted by Gasteiger charge is 2.32. The third kappa shape index (κ3) is 3.15. The molecular weight excluding hydrogens is 190 g/mol. The summed E-state index contributed by atoms with van der Waals surface area (Å²) < 4.78 is 5.84. The molecule has 0 aromatic rings. The van der Waals surface area contributed by atoms with E-state index in [9.17, 15) is 4.79 Å². The maximum Gasteiger partial charge on any atom is 0.235 e. The summed E-state index contributed by atoms with van der Waals surface area (Å²) in [7, 11) is 0. The monoisotopic (exact) mass is 209 g/mol. The van der Waals surface area contributed by atoms with Crippen molar-refractivity contribution < 1.29 is 9.53 Å². The lowest BCUT2D eigenvalue weighted by atomic mass is 9.82. The number of rotatable bonds is 4. The average molecular weight is 209 g/mol. The van der Waals surface area contributed by atoms with E-state index in [0.717, 1.165) is 38.2 Å². The van der Waals surface area contributed by atoms with Crippen molar-refractivity contribution in [2.45, 2.75) is 57.1 Å². The Morgan fingerprint density at radius 1 is 1.33 bits per heavy atom. The van der Waals surface area contributed by atoms with E-state index in [1.54, 1.807) is 6.08 Å². The molecule has 2 aliphatic rings. The highest BCUT2D eigenvalue weighted by atomic mass is 16.5. The topological polar surface area (TPSA) is 38.7 Å². The summed E-state index contributed by atoms with van der Waals surface area (Å²) in [6.07, 6.45) is 8.77. The zero-order chi connectivity index (χ0) is 10.7. The van der Waals surface area contributed by atoms with Gasteiger partial charge in [0, 0.05) is 6.61 Å². The van der Waals surface area contributed by atoms with Gasteiger partial charge in [-0.05, 0) is 51.4 Å². The number of nitrogens with zero attached hydrogens (tertiary/aromatic N) is 1. The summed E-state index contributed by atoms with van der Waals surface area (Å²) in [6.45, 7) is 2.98. The summed E-state index contributed by atoms with van der Waals surface area (Å²) in [6, 6.07) is 0. The second-order valence-electron chi connectivity index (χ2n) is 5.18. The fraction of sp³-hybridized carbons (Fsp3) is 0.917. The minimum atomic E-state index is -0.165. The molecular formula is C12H19NO2. The van der Waals surface area contributed by atoms with Crippen LogP contribution in [0.3, 0.4) is 0 Å². The molecule has 0 aromatic carbocycles. The van der Waals surface area contributed by atoms with Gasteiger partial charge in [-0.3, -0.25) is 0 Å². The van der Waals surface area contributed by atoms with E-state index in [1.807, 2.05) is 6.92 Å². The molecule has 3 nitrogen and oxygen atoms in total. The van der Waals surface area contributed by atoms with Gasteiger partial charge in [-0.1, -0.05) is 0 Å². The third-order valence-corrected chi connectivity index (χ3v) is 3.59. The molecule has 0 atom stereocenters. The van der Waals surface area contributed by atoms with E-state index < -0.39 is 0 Å². The normalized spacial score (nSPS) is 35.9. The number of hydrogen-bond acceptors (Lipinski definition) is 3. The molecule has 0 spiro atoms. The molecule has 0 aliphatic heterocycles. The van der Waals surface area contributed by atoms with E-state index in [-0.39, 0.29) is 5.54 Å². The lowest BCUT2D eigenvalue weighted by Gasteiger charge is -2.32. The van der Waals surface area contributed by atoms with Crippen molar-refractivity contribution in [2.24, 2.45) is 10.9 Å². The predicted octanol–water partition coefficient (Wildman–Crippen LogP) is 2.45. The molecule has 2 fully saturated rings. The first kappa shape index (κ1) is 10.8. The lowest BCUT2D eigenvalue weighted by Crippen LogP contribution is -2.32. The van der Waals surface area contributed by atoms with Gasteiger partial charge in [0.2, 0.25) is 6.08 Å². The van der Waals surface area contributed by atoms with Crippen LogP contribution in [0.2, 0.25) is 0 Å². The number of hydrogen-bond donors (Lipinski definition) is 0. The van der Waals surface area contributed by atoms with Gasteiger partial charge in [0.05, 0.1) is 11.6 Å². The van der Waals surface area contributed by atoms with E-state index in [0.29, 0.717) is 6.10 Å². The summed E-state index contributed by atoms with van der Waals surface area (Å²) >= 11 is 0. The summed E-state index contributed by atoms with van der Waals surface area (Å²) in [5, 5.41) is 0. The SMILES string of the molecule is C[C@]1(N=C=O)CC[C@H](OCC2CC2)CC1. The van der Waals surface area contributed by atoms with Crippen LogP contribution in [0, 0.1) is 5.92 Å². The van der Waals surface area contributed by atoms with Gasteiger partial charge in [-0.25, -0.2) is 4.79 Å². The highest BCUT2D eigenvalue weighted by molar-refractivity contribution is 5.34. The number of aliphatic imine (C=N–C) groups is 1. The van der Waals surface area contributed by atoms with Crippen LogP contribution in [0.15, 0.2) is 4.99 Å². The molecule has 3 heteroatoms. The number of isocyanates is 1. The van der Waals surface area contributed by atoms with E-state index in [1.165, 1.54) is 12.8 Å². The predicted molar refractivity (Wildman–Crippen MR) is 57.5 cm³/mol. The molecule has 2 aliphatic carbocycles. The molecule has 0 N–H and O–H groups in total. The molecule has 0 aromatic heterocycles. The first-order valence-corrected chi connectivity index (χ1v) is 5.92. The Bertz CT molecular complexity index is 259. The number of carbonyl (C=O) groups excluding carboxylic acids is 1. The van der Waals surface area contributed by atoms with Crippen molar-refractivity contribution in [2.75, 3.05) is 6.61 Å². The van der Waals surface area contributed by atoms with Gasteiger partial charge in [-0.2, -0.15) is 4.99 Å². The molecule has 0 unspecified atom stereocenters. The zero-order valence-electron chi connectivity index (χ0n) is 9.37. The van der Waals surface area contributed by atoms with Crippen molar-refractivity contribution >= 4 is 6.08 Å². The van der Waals surface area contributed by atoms with Gasteiger partial charge in [-0.15, -0.1) is 0 Å². The average Bonchev–Trinajstić information content (AvgIpc) is 3.01. The standard InChI is InChI=1S/C12H19NO2/c1-12(13-9-14)6-4-11(5-7-12)15-8-10-2-3-10/h10-11H,2-8H2,1H3/t11-,12-. The second-order valence-corrected chi connectivity index (χ2v) is 5.18. The Balaban J connectivity index is 1.72. The lowest BCUT2D eigenvalue weighted by molar-refractivity contribution is 0.0102. The van der Waals surface area contributed by atoms with Gasteiger partial charge in [0.25, 0.3) is 0 Å². The van der Waals surface area contributed by atoms with Crippen LogP contribution in [0.4, 0.5) is 0 Å². The first-order chi connectivity index (χ1) is 7.22. The highest BCUT2D eigenvalue weighted by Crippen LogP contribution is 2.34. The maximum atomic E-state index is 10.3. The fourth-order valence-corrected chi connectivity index (χ4v) is 2.16. The van der Waals surface area contributed by atoms with E-state index >= 15 is 0 Å². The van der Waals surface area contributed by atoms with Gasteiger partial charge >= 0.3 is 0 Å². The molecule has 2 rings (SSSR count). The maximum absolute atomic E-state index is 10.3. The molecule has 0 bridgehead atoms. The quantitative estimate of drug-likeness (QED) is 0.527. The first-order valence-electron chi connectivity index (χ1n) is 5.92. The van der Waals surface area contributed by atoms with E-state index in [2.05, 4.69) is 4.99 Å². The fourth-order valence-electron chi connectivity index (χ4n) is 2.16. The van der Waals surface area contributed by atoms with E-state index in [4.69, 9.17) is 4.74 Å². The third-order valence-electron chi connectivity index (χ3n) is 3.59. The van der Waals surface area contributed by atoms with Crippen molar-refractivity contribution in [3.63, 3.8) is 0 Å². The summed E-state index contributed by atoms with van der Waals surface area (Å²) in [5.74, 6) is 0.839. The van der Waals surface area contributed by atoms with Crippen LogP contribution < -0.4 is 0 Å². The molecule has 0 amide bonds. The number of ether oxygens (including phenoxy) is 1. The van der Waals surface area contributed by atoms with Crippen molar-refractivity contribution in [1.82, 2.24) is 0 Å². The molecule has 2 saturated carbocycles. The molecule has 0 heterocycles. The van der Waals surface area contributed by atoms with Crippen LogP contribution in [-0.4, -0.2) is 24.3 Å². The van der Waals surface area contributed by atoms with Crippen LogP contribution in [0.1, 0.15) is 45.4 Å². The smallest absolute Gasteiger partial charge is 0.235 e. The van der Waals surface area contributed by atoms with Gasteiger partial charge < -0.3 is 4.74 Å². The van der Waals surface area contributed by atoms with Crippen LogP contribution in [0.5, 0.6) is 0 Å². The minimum Gasteiger partial charge on any atom is -0.378 e. The van der Waals surface area contributed by atoms with Crippen LogP contribution in [0.25, 0.3) is 0 Å². The second kappa shape index (κ2) is 4.46. The van der Waals surface area contributed by atoms with Gasteiger partial charge in [0.1, 0.15) is 0 Å². The summed E-state index contributed by atoms with van der Waals surface area (Å²) in [5.41, 5.74) is -0.165. The van der Waals surface area contributed by atoms with Crippen molar-refractivity contribution in [3.8, 4) is 0 Å². The molecule has 0 saturated heterocycles. The Morgan fingerprint density at radius 3 is 2.53 bits per heavy atom. The Hall–Kier alpha value is -0.660. The largest absolute Gasteiger partial charge is 0.378 e. The van der Waals surface area contributed by atoms with Crippen molar-refractivity contribution in [1.29, 1.82) is 0 Å². The van der Waals surface area contributed by atoms with Crippen molar-refractivity contribution in [3.05, 3.63) is 0 Å². The Labute approximate surface area is 90.9 Å². The molecule has 84 valence electrons. The Morgan fingerprint density at radius 2 is 2.00 bits per heavy atom. The Kier molecular flexibility index (Phi) is 3.22. The van der Waals surface area contributed by atoms with Gasteiger partial charge in [0.15, 0.2) is 0 Å². The zero-order valence-corrected chi connectivity index (χ0v) is 9.37. The minimum absolute atomic E-state index is 0.165. The molecule has 15 heavy (non-hydrogen) atoms. The summed E-state index contributed by atoms with van der Waals surface area (Å²) in [4.78, 5) is 14.2. The van der Waals surface area contributed by atoms with Crippen LogP contribution >= 0.6 is 0 Å². The van der Waals surface area contributed by atoms with Crippen LogP contribution in [-0.2, 0) is 9.53 Å².